The SMILES string of the molecule is CC(=O)C=C(O)c1cc2cc([N+](=O)[O-])ccc2oc1=O. The van der Waals surface area contributed by atoms with E-state index in [1.165, 1.54) is 31.2 Å². The number of benzene rings is 1. The molecule has 2 rings (SSSR count). The Bertz CT molecular complexity index is 802. The number of carbonyl (C=O) groups is 1. The molecule has 0 unspecified atom stereocenters. The number of fused-ring (bicyclic) bond motifs is 1. The lowest BCUT2D eigenvalue weighted by Gasteiger charge is -2.01. The average Bonchev–Trinajstić information content (AvgIpc) is 2.36. The van der Waals surface area contributed by atoms with E-state index in [2.05, 4.69) is 0 Å². The Morgan fingerprint density at radius 3 is 2.70 bits per heavy atom. The first-order chi connectivity index (χ1) is 9.38. The Labute approximate surface area is 111 Å². The van der Waals surface area contributed by atoms with E-state index in [9.17, 15) is 24.8 Å². The number of allylic oxidation sites excluding steroid dienone is 1. The molecule has 1 aromatic heterocycles. The highest BCUT2D eigenvalue weighted by atomic mass is 16.6. The summed E-state index contributed by atoms with van der Waals surface area (Å²) in [5, 5.41) is 20.6. The van der Waals surface area contributed by atoms with Crippen LogP contribution in [0.4, 0.5) is 5.69 Å². The summed E-state index contributed by atoms with van der Waals surface area (Å²) in [6.07, 6.45) is 0.870. The molecule has 1 heterocycles. The van der Waals surface area contributed by atoms with E-state index in [-0.39, 0.29) is 22.2 Å². The number of rotatable bonds is 3. The Morgan fingerprint density at radius 2 is 2.10 bits per heavy atom. The highest BCUT2D eigenvalue weighted by molar-refractivity contribution is 5.94. The van der Waals surface area contributed by atoms with E-state index in [0.717, 1.165) is 6.08 Å². The molecular weight excluding hydrogens is 266 g/mol. The van der Waals surface area contributed by atoms with Gasteiger partial charge in [-0.15, -0.1) is 0 Å². The summed E-state index contributed by atoms with van der Waals surface area (Å²) in [4.78, 5) is 32.6. The summed E-state index contributed by atoms with van der Waals surface area (Å²) < 4.78 is 4.94. The van der Waals surface area contributed by atoms with Crippen LogP contribution in [0.1, 0.15) is 12.5 Å². The van der Waals surface area contributed by atoms with E-state index >= 15 is 0 Å². The second-order valence-electron chi connectivity index (χ2n) is 4.07. The van der Waals surface area contributed by atoms with Crippen molar-refractivity contribution in [3.05, 3.63) is 56.4 Å². The van der Waals surface area contributed by atoms with Crippen LogP contribution in [-0.2, 0) is 4.79 Å². The maximum atomic E-state index is 11.7. The monoisotopic (exact) mass is 275 g/mol. The normalized spacial score (nSPS) is 11.6. The smallest absolute Gasteiger partial charge is 0.347 e. The van der Waals surface area contributed by atoms with E-state index in [1.807, 2.05) is 0 Å². The second kappa shape index (κ2) is 4.96. The lowest BCUT2D eigenvalue weighted by molar-refractivity contribution is -0.384. The number of ketones is 1. The van der Waals surface area contributed by atoms with Gasteiger partial charge in [-0.05, 0) is 19.1 Å². The van der Waals surface area contributed by atoms with Gasteiger partial charge in [0.05, 0.1) is 4.92 Å². The molecule has 20 heavy (non-hydrogen) atoms. The quantitative estimate of drug-likeness (QED) is 0.302. The largest absolute Gasteiger partial charge is 0.507 e. The molecule has 0 atom stereocenters. The molecule has 0 saturated heterocycles. The van der Waals surface area contributed by atoms with Crippen molar-refractivity contribution >= 4 is 28.2 Å². The van der Waals surface area contributed by atoms with Crippen molar-refractivity contribution in [2.75, 3.05) is 0 Å². The van der Waals surface area contributed by atoms with Gasteiger partial charge in [-0.1, -0.05) is 0 Å². The van der Waals surface area contributed by atoms with Crippen molar-refractivity contribution in [1.82, 2.24) is 0 Å². The summed E-state index contributed by atoms with van der Waals surface area (Å²) in [6.45, 7) is 1.21. The van der Waals surface area contributed by atoms with E-state index in [0.29, 0.717) is 0 Å². The van der Waals surface area contributed by atoms with Gasteiger partial charge in [0.15, 0.2) is 5.78 Å². The maximum absolute atomic E-state index is 11.7. The van der Waals surface area contributed by atoms with Crippen LogP contribution >= 0.6 is 0 Å². The predicted molar refractivity (Wildman–Crippen MR) is 70.4 cm³/mol. The van der Waals surface area contributed by atoms with E-state index < -0.39 is 22.1 Å². The molecule has 102 valence electrons. The predicted octanol–water partition coefficient (Wildman–Crippen LogP) is 2.19. The van der Waals surface area contributed by atoms with Crippen LogP contribution < -0.4 is 5.63 Å². The summed E-state index contributed by atoms with van der Waals surface area (Å²) in [6, 6.07) is 4.95. The molecule has 0 aliphatic rings. The number of nitro benzene ring substituents is 1. The second-order valence-corrected chi connectivity index (χ2v) is 4.07. The minimum atomic E-state index is -0.832. The minimum Gasteiger partial charge on any atom is -0.507 e. The average molecular weight is 275 g/mol. The zero-order valence-corrected chi connectivity index (χ0v) is 10.3. The first-order valence-corrected chi connectivity index (χ1v) is 5.52. The van der Waals surface area contributed by atoms with Crippen LogP contribution in [-0.4, -0.2) is 15.8 Å². The van der Waals surface area contributed by atoms with Crippen LogP contribution in [0.15, 0.2) is 39.6 Å². The fourth-order valence-electron chi connectivity index (χ4n) is 1.67. The lowest BCUT2D eigenvalue weighted by atomic mass is 10.1. The molecule has 0 bridgehead atoms. The molecular formula is C13H9NO6. The Morgan fingerprint density at radius 1 is 1.40 bits per heavy atom. The van der Waals surface area contributed by atoms with Crippen molar-refractivity contribution in [1.29, 1.82) is 0 Å². The molecule has 2 aromatic rings. The molecule has 1 N–H and O–H groups in total. The summed E-state index contributed by atoms with van der Waals surface area (Å²) in [5.41, 5.74) is -1.08. The molecule has 7 heteroatoms. The summed E-state index contributed by atoms with van der Waals surface area (Å²) >= 11 is 0. The fraction of sp³-hybridized carbons (Fsp3) is 0.0769. The Balaban J connectivity index is 2.68. The number of nitrogens with zero attached hydrogens (tertiary/aromatic N) is 1. The Hall–Kier alpha value is -2.96. The van der Waals surface area contributed by atoms with Gasteiger partial charge in [-0.25, -0.2) is 4.79 Å². The van der Waals surface area contributed by atoms with Crippen LogP contribution in [0.3, 0.4) is 0 Å². The third-order valence-corrected chi connectivity index (χ3v) is 2.54. The number of carbonyl (C=O) groups excluding carboxylic acids is 1. The molecule has 0 saturated carbocycles. The fourth-order valence-corrected chi connectivity index (χ4v) is 1.67. The molecule has 0 fully saturated rings. The summed E-state index contributed by atoms with van der Waals surface area (Å²) in [5.74, 6) is -0.985. The number of aliphatic hydroxyl groups is 1. The number of aliphatic hydroxyl groups excluding tert-OH is 1. The highest BCUT2D eigenvalue weighted by Crippen LogP contribution is 2.22. The topological polar surface area (TPSA) is 111 Å². The maximum Gasteiger partial charge on any atom is 0.347 e. The van der Waals surface area contributed by atoms with Crippen LogP contribution in [0, 0.1) is 10.1 Å². The van der Waals surface area contributed by atoms with Gasteiger partial charge in [0.2, 0.25) is 0 Å². The van der Waals surface area contributed by atoms with Crippen molar-refractivity contribution in [3.8, 4) is 0 Å². The first kappa shape index (κ1) is 13.5. The Kier molecular flexibility index (Phi) is 3.34. The van der Waals surface area contributed by atoms with Gasteiger partial charge in [-0.3, -0.25) is 14.9 Å². The summed E-state index contributed by atoms with van der Waals surface area (Å²) in [7, 11) is 0. The van der Waals surface area contributed by atoms with Crippen molar-refractivity contribution in [3.63, 3.8) is 0 Å². The van der Waals surface area contributed by atoms with Crippen LogP contribution in [0.2, 0.25) is 0 Å². The lowest BCUT2D eigenvalue weighted by Crippen LogP contribution is -2.07. The van der Waals surface area contributed by atoms with Gasteiger partial charge >= 0.3 is 5.63 Å². The molecule has 7 nitrogen and oxygen atoms in total. The third-order valence-electron chi connectivity index (χ3n) is 2.54. The van der Waals surface area contributed by atoms with Gasteiger partial charge in [0.25, 0.3) is 5.69 Å². The molecule has 0 spiro atoms. The number of hydrogen-bond acceptors (Lipinski definition) is 6. The van der Waals surface area contributed by atoms with Gasteiger partial charge < -0.3 is 9.52 Å². The van der Waals surface area contributed by atoms with Gasteiger partial charge in [-0.2, -0.15) is 0 Å². The molecule has 1 aromatic carbocycles. The molecule has 0 amide bonds. The highest BCUT2D eigenvalue weighted by Gasteiger charge is 2.13. The van der Waals surface area contributed by atoms with Crippen molar-refractivity contribution in [2.45, 2.75) is 6.92 Å². The van der Waals surface area contributed by atoms with E-state index in [1.54, 1.807) is 0 Å². The molecule has 0 radical (unpaired) electrons. The van der Waals surface area contributed by atoms with Crippen molar-refractivity contribution < 1.29 is 19.2 Å². The first-order valence-electron chi connectivity index (χ1n) is 5.52. The number of nitro groups is 1. The third kappa shape index (κ3) is 2.56. The van der Waals surface area contributed by atoms with Gasteiger partial charge in [0.1, 0.15) is 16.9 Å². The zero-order valence-electron chi connectivity index (χ0n) is 10.3. The number of hydrogen-bond donors (Lipinski definition) is 1. The van der Waals surface area contributed by atoms with E-state index in [4.69, 9.17) is 4.42 Å². The molecule has 0 aliphatic heterocycles. The van der Waals surface area contributed by atoms with Crippen LogP contribution in [0.25, 0.3) is 16.7 Å². The van der Waals surface area contributed by atoms with Gasteiger partial charge in [0, 0.05) is 23.6 Å². The molecule has 0 aliphatic carbocycles. The standard InChI is InChI=1S/C13H9NO6/c1-7(15)4-11(16)10-6-8-5-9(14(18)19)2-3-12(8)20-13(10)17/h2-6,16H,1H3. The van der Waals surface area contributed by atoms with Crippen molar-refractivity contribution in [2.24, 2.45) is 0 Å². The van der Waals surface area contributed by atoms with Crippen LogP contribution in [0.5, 0.6) is 0 Å². The minimum absolute atomic E-state index is 0.153. The number of non-ortho nitro benzene ring substituents is 1. The zero-order chi connectivity index (χ0) is 14.9.